The van der Waals surface area contributed by atoms with Gasteiger partial charge in [-0.05, 0) is 12.8 Å². The summed E-state index contributed by atoms with van der Waals surface area (Å²) in [5.74, 6) is 0.698. The third-order valence-electron chi connectivity index (χ3n) is 1.86. The zero-order valence-corrected chi connectivity index (χ0v) is 8.26. The number of amidine groups is 1. The fourth-order valence-electron chi connectivity index (χ4n) is 1.26. The predicted octanol–water partition coefficient (Wildman–Crippen LogP) is 0.460. The van der Waals surface area contributed by atoms with E-state index in [0.717, 1.165) is 32.1 Å². The summed E-state index contributed by atoms with van der Waals surface area (Å²) in [5, 5.41) is 0. The molecule has 0 N–H and O–H groups in total. The molecule has 0 aromatic heterocycles. The summed E-state index contributed by atoms with van der Waals surface area (Å²) >= 11 is 0. The first-order chi connectivity index (χ1) is 5.49. The van der Waals surface area contributed by atoms with E-state index >= 15 is 0 Å². The van der Waals surface area contributed by atoms with Crippen LogP contribution in [0.2, 0.25) is 0 Å². The lowest BCUT2D eigenvalue weighted by Crippen LogP contribution is -2.32. The Morgan fingerprint density at radius 1 is 1.42 bits per heavy atom. The molecular formula is C7H14N2O2S. The molecule has 1 aliphatic heterocycles. The average Bonchev–Trinajstić information content (AvgIpc) is 1.91. The predicted molar refractivity (Wildman–Crippen MR) is 48.8 cm³/mol. The summed E-state index contributed by atoms with van der Waals surface area (Å²) in [6.07, 6.45) is 4.07. The third kappa shape index (κ3) is 2.81. The van der Waals surface area contributed by atoms with Crippen molar-refractivity contribution in [3.63, 3.8) is 0 Å². The summed E-state index contributed by atoms with van der Waals surface area (Å²) in [5.41, 5.74) is 0. The zero-order valence-electron chi connectivity index (χ0n) is 7.45. The highest BCUT2D eigenvalue weighted by Gasteiger charge is 2.13. The van der Waals surface area contributed by atoms with Crippen molar-refractivity contribution in [1.82, 2.24) is 4.90 Å². The third-order valence-corrected chi connectivity index (χ3v) is 2.40. The molecule has 4 nitrogen and oxygen atoms in total. The maximum absolute atomic E-state index is 10.8. The Morgan fingerprint density at radius 3 is 2.58 bits per heavy atom. The number of hydrogen-bond donors (Lipinski definition) is 0. The molecule has 1 rings (SSSR count). The molecule has 1 heterocycles. The van der Waals surface area contributed by atoms with E-state index in [0.29, 0.717) is 5.84 Å². The van der Waals surface area contributed by atoms with Crippen molar-refractivity contribution in [2.24, 2.45) is 4.40 Å². The highest BCUT2D eigenvalue weighted by molar-refractivity contribution is 7.89. The first kappa shape index (κ1) is 9.51. The maximum Gasteiger partial charge on any atom is 0.251 e. The van der Waals surface area contributed by atoms with Gasteiger partial charge in [-0.2, -0.15) is 4.40 Å². The minimum absolute atomic E-state index is 0.698. The quantitative estimate of drug-likeness (QED) is 0.603. The van der Waals surface area contributed by atoms with E-state index in [2.05, 4.69) is 4.40 Å². The van der Waals surface area contributed by atoms with Crippen molar-refractivity contribution in [2.75, 3.05) is 19.8 Å². The Bertz CT molecular complexity index is 282. The largest absolute Gasteiger partial charge is 0.362 e. The van der Waals surface area contributed by atoms with Gasteiger partial charge in [-0.3, -0.25) is 0 Å². The fraction of sp³-hybridized carbons (Fsp3) is 0.857. The van der Waals surface area contributed by atoms with Crippen molar-refractivity contribution < 1.29 is 8.42 Å². The van der Waals surface area contributed by atoms with E-state index in [4.69, 9.17) is 0 Å². The molecule has 0 unspecified atom stereocenters. The molecule has 5 heteroatoms. The lowest BCUT2D eigenvalue weighted by Gasteiger charge is -2.25. The summed E-state index contributed by atoms with van der Waals surface area (Å²) in [7, 11) is -1.33. The first-order valence-electron chi connectivity index (χ1n) is 3.99. The summed E-state index contributed by atoms with van der Waals surface area (Å²) in [4.78, 5) is 1.91. The second kappa shape index (κ2) is 3.43. The van der Waals surface area contributed by atoms with Gasteiger partial charge >= 0.3 is 0 Å². The van der Waals surface area contributed by atoms with Gasteiger partial charge in [0.25, 0.3) is 10.0 Å². The van der Waals surface area contributed by atoms with Crippen molar-refractivity contribution >= 4 is 15.9 Å². The molecule has 1 aliphatic rings. The molecule has 1 fully saturated rings. The van der Waals surface area contributed by atoms with E-state index in [1.807, 2.05) is 11.9 Å². The number of hydrogen-bond acceptors (Lipinski definition) is 2. The monoisotopic (exact) mass is 190 g/mol. The van der Waals surface area contributed by atoms with Gasteiger partial charge in [-0.25, -0.2) is 8.42 Å². The second-order valence-electron chi connectivity index (χ2n) is 3.12. The summed E-state index contributed by atoms with van der Waals surface area (Å²) in [6.45, 7) is 0.911. The average molecular weight is 190 g/mol. The number of likely N-dealkylation sites (tertiary alicyclic amines) is 1. The van der Waals surface area contributed by atoms with Crippen LogP contribution in [-0.2, 0) is 10.0 Å². The Morgan fingerprint density at radius 2 is 2.08 bits per heavy atom. The van der Waals surface area contributed by atoms with Crippen LogP contribution in [0.1, 0.15) is 19.3 Å². The van der Waals surface area contributed by atoms with Crippen LogP contribution in [0.5, 0.6) is 0 Å². The molecule has 0 radical (unpaired) electrons. The molecule has 0 bridgehead atoms. The van der Waals surface area contributed by atoms with Crippen molar-refractivity contribution in [3.8, 4) is 0 Å². The molecular weight excluding hydrogens is 176 g/mol. The fourth-order valence-corrected chi connectivity index (χ4v) is 1.87. The SMILES string of the molecule is CN1CCCCC1=NS(C)(=O)=O. The number of piperidine rings is 1. The molecule has 70 valence electrons. The van der Waals surface area contributed by atoms with Crippen LogP contribution in [-0.4, -0.2) is 39.0 Å². The van der Waals surface area contributed by atoms with Crippen molar-refractivity contribution in [1.29, 1.82) is 0 Å². The first-order valence-corrected chi connectivity index (χ1v) is 5.84. The number of rotatable bonds is 1. The van der Waals surface area contributed by atoms with E-state index in [-0.39, 0.29) is 0 Å². The second-order valence-corrected chi connectivity index (χ2v) is 4.77. The zero-order chi connectivity index (χ0) is 9.19. The molecule has 0 saturated carbocycles. The van der Waals surface area contributed by atoms with Gasteiger partial charge in [0.15, 0.2) is 0 Å². The normalized spacial score (nSPS) is 23.2. The lowest BCUT2D eigenvalue weighted by molar-refractivity contribution is 0.434. The van der Waals surface area contributed by atoms with E-state index in [9.17, 15) is 8.42 Å². The van der Waals surface area contributed by atoms with Gasteiger partial charge in [-0.1, -0.05) is 0 Å². The van der Waals surface area contributed by atoms with Gasteiger partial charge in [0, 0.05) is 20.0 Å². The van der Waals surface area contributed by atoms with Crippen molar-refractivity contribution in [2.45, 2.75) is 19.3 Å². The van der Waals surface area contributed by atoms with Crippen molar-refractivity contribution in [3.05, 3.63) is 0 Å². The highest BCUT2D eigenvalue weighted by atomic mass is 32.2. The number of sulfonamides is 1. The molecule has 0 spiro atoms. The van der Waals surface area contributed by atoms with Crippen LogP contribution in [0.25, 0.3) is 0 Å². The Balaban J connectivity index is 2.79. The van der Waals surface area contributed by atoms with E-state index in [1.54, 1.807) is 0 Å². The Hall–Kier alpha value is -0.580. The highest BCUT2D eigenvalue weighted by Crippen LogP contribution is 2.10. The van der Waals surface area contributed by atoms with Crippen LogP contribution in [0, 0.1) is 0 Å². The minimum Gasteiger partial charge on any atom is -0.362 e. The van der Waals surface area contributed by atoms with Crippen LogP contribution in [0.4, 0.5) is 0 Å². The van der Waals surface area contributed by atoms with Crippen LogP contribution in [0.3, 0.4) is 0 Å². The van der Waals surface area contributed by atoms with Gasteiger partial charge < -0.3 is 4.90 Å². The van der Waals surface area contributed by atoms with Gasteiger partial charge in [0.1, 0.15) is 5.84 Å². The summed E-state index contributed by atoms with van der Waals surface area (Å²) in [6, 6.07) is 0. The molecule has 0 aromatic rings. The summed E-state index contributed by atoms with van der Waals surface area (Å²) < 4.78 is 25.3. The molecule has 0 aliphatic carbocycles. The Labute approximate surface area is 73.3 Å². The van der Waals surface area contributed by atoms with Crippen LogP contribution in [0.15, 0.2) is 4.40 Å². The van der Waals surface area contributed by atoms with Gasteiger partial charge in [-0.15, -0.1) is 0 Å². The molecule has 12 heavy (non-hydrogen) atoms. The molecule has 0 atom stereocenters. The van der Waals surface area contributed by atoms with Crippen LogP contribution >= 0.6 is 0 Å². The maximum atomic E-state index is 10.8. The minimum atomic E-state index is -3.21. The smallest absolute Gasteiger partial charge is 0.251 e. The Kier molecular flexibility index (Phi) is 2.72. The molecule has 0 aromatic carbocycles. The topological polar surface area (TPSA) is 49.7 Å². The standard InChI is InChI=1S/C7H14N2O2S/c1-9-6-4-3-5-7(9)8-12(2,10)11/h3-6H2,1-2H3. The van der Waals surface area contributed by atoms with Crippen LogP contribution < -0.4 is 0 Å². The molecule has 0 amide bonds. The van der Waals surface area contributed by atoms with E-state index < -0.39 is 10.0 Å². The number of nitrogens with zero attached hydrogens (tertiary/aromatic N) is 2. The molecule has 1 saturated heterocycles. The van der Waals surface area contributed by atoms with Gasteiger partial charge in [0.2, 0.25) is 0 Å². The van der Waals surface area contributed by atoms with E-state index in [1.165, 1.54) is 0 Å². The van der Waals surface area contributed by atoms with Gasteiger partial charge in [0.05, 0.1) is 6.26 Å². The lowest BCUT2D eigenvalue weighted by atomic mass is 10.1.